The molecule has 2 rings (SSSR count). The maximum Gasteiger partial charge on any atom is 0.396 e. The molecule has 0 fully saturated rings. The van der Waals surface area contributed by atoms with Crippen LogP contribution < -0.4 is 0 Å². The van der Waals surface area contributed by atoms with Crippen molar-refractivity contribution >= 4 is 11.1 Å². The minimum Gasteiger partial charge on any atom is -0.235 e. The van der Waals surface area contributed by atoms with Gasteiger partial charge in [-0.3, -0.25) is 0 Å². The van der Waals surface area contributed by atoms with Crippen molar-refractivity contribution in [2.45, 2.75) is 0 Å². The van der Waals surface area contributed by atoms with Crippen LogP contribution in [0.2, 0.25) is 0 Å². The topological polar surface area (TPSA) is 37.1 Å². The van der Waals surface area contributed by atoms with Crippen LogP contribution in [0.1, 0.15) is 0 Å². The Balaban J connectivity index is 2.89. The molecule has 0 aliphatic rings. The van der Waals surface area contributed by atoms with Gasteiger partial charge in [0, 0.05) is 6.07 Å². The summed E-state index contributed by atoms with van der Waals surface area (Å²) >= 11 is 0. The van der Waals surface area contributed by atoms with Crippen molar-refractivity contribution in [3.8, 4) is 0 Å². The third kappa shape index (κ3) is 0.719. The molecule has 2 aromatic heterocycles. The number of nitrogens with zero attached hydrogens (tertiary/aromatic N) is 2. The Morgan fingerprint density at radius 1 is 1.40 bits per heavy atom. The zero-order chi connectivity index (χ0) is 6.81. The molecule has 0 aliphatic heterocycles. The minimum absolute atomic E-state index is 0.713. The van der Waals surface area contributed by atoms with E-state index in [1.165, 1.54) is 6.33 Å². The fourth-order valence-corrected chi connectivity index (χ4v) is 0.785. The van der Waals surface area contributed by atoms with Crippen LogP contribution in [0.25, 0.3) is 11.1 Å². The molecule has 2 aromatic rings. The first-order valence-electron chi connectivity index (χ1n) is 2.93. The van der Waals surface area contributed by atoms with Crippen LogP contribution in [-0.4, -0.2) is 9.97 Å². The molecule has 48 valence electrons. The summed E-state index contributed by atoms with van der Waals surface area (Å²) in [6, 6.07) is 3.68. The van der Waals surface area contributed by atoms with Crippen molar-refractivity contribution in [2.75, 3.05) is 0 Å². The summed E-state index contributed by atoms with van der Waals surface area (Å²) in [5.74, 6) is 0. The van der Waals surface area contributed by atoms with Crippen LogP contribution in [0.15, 0.2) is 35.3 Å². The molecule has 0 N–H and O–H groups in total. The van der Waals surface area contributed by atoms with E-state index in [1.807, 2.05) is 6.07 Å². The molecule has 0 saturated heterocycles. The van der Waals surface area contributed by atoms with Gasteiger partial charge in [0.25, 0.3) is 0 Å². The largest absolute Gasteiger partial charge is 0.396 e. The fourth-order valence-electron chi connectivity index (χ4n) is 0.785. The number of aromatic nitrogens is 2. The summed E-state index contributed by atoms with van der Waals surface area (Å²) < 4.78 is 5.09. The molecular weight excluding hydrogens is 128 g/mol. The smallest absolute Gasteiger partial charge is 0.235 e. The van der Waals surface area contributed by atoms with Gasteiger partial charge in [-0.1, -0.05) is 0 Å². The SMILES string of the molecule is c1c[o+]c2cncnc2c1. The summed E-state index contributed by atoms with van der Waals surface area (Å²) in [7, 11) is 0. The van der Waals surface area contributed by atoms with E-state index < -0.39 is 0 Å². The first-order valence-corrected chi connectivity index (χ1v) is 2.93. The monoisotopic (exact) mass is 133 g/mol. The molecule has 0 amide bonds. The number of hydrogen-bond acceptors (Lipinski definition) is 2. The van der Waals surface area contributed by atoms with E-state index in [9.17, 15) is 0 Å². The van der Waals surface area contributed by atoms with Crippen LogP contribution in [0.4, 0.5) is 0 Å². The second kappa shape index (κ2) is 2.02. The average molecular weight is 133 g/mol. The van der Waals surface area contributed by atoms with Crippen LogP contribution in [0, 0.1) is 0 Å². The third-order valence-electron chi connectivity index (χ3n) is 1.24. The Hall–Kier alpha value is -1.51. The van der Waals surface area contributed by atoms with Crippen LogP contribution >= 0.6 is 0 Å². The summed E-state index contributed by atoms with van der Waals surface area (Å²) in [5.41, 5.74) is 1.54. The molecule has 10 heavy (non-hydrogen) atoms. The molecule has 0 atom stereocenters. The lowest BCUT2D eigenvalue weighted by Gasteiger charge is -1.80. The van der Waals surface area contributed by atoms with Crippen molar-refractivity contribution < 1.29 is 4.42 Å². The number of hydrogen-bond donors (Lipinski definition) is 0. The fraction of sp³-hybridized carbons (Fsp3) is 0. The predicted molar refractivity (Wildman–Crippen MR) is 36.2 cm³/mol. The van der Waals surface area contributed by atoms with E-state index in [0.717, 1.165) is 5.52 Å². The van der Waals surface area contributed by atoms with Gasteiger partial charge in [0.2, 0.25) is 0 Å². The van der Waals surface area contributed by atoms with Gasteiger partial charge in [0.05, 0.1) is 0 Å². The van der Waals surface area contributed by atoms with E-state index in [1.54, 1.807) is 18.5 Å². The first-order chi connectivity index (χ1) is 4.97. The molecular formula is C7H5N2O+. The molecule has 0 unspecified atom stereocenters. The Labute approximate surface area is 57.4 Å². The van der Waals surface area contributed by atoms with Gasteiger partial charge in [0.1, 0.15) is 12.5 Å². The Kier molecular flexibility index (Phi) is 1.07. The van der Waals surface area contributed by atoms with Gasteiger partial charge >= 0.3 is 11.8 Å². The van der Waals surface area contributed by atoms with E-state index in [-0.39, 0.29) is 0 Å². The van der Waals surface area contributed by atoms with E-state index in [2.05, 4.69) is 9.97 Å². The van der Waals surface area contributed by atoms with Crippen molar-refractivity contribution in [3.63, 3.8) is 0 Å². The van der Waals surface area contributed by atoms with Gasteiger partial charge in [-0.05, 0) is 6.07 Å². The highest BCUT2D eigenvalue weighted by Crippen LogP contribution is 2.06. The van der Waals surface area contributed by atoms with Gasteiger partial charge in [0.15, 0.2) is 5.52 Å². The van der Waals surface area contributed by atoms with Crippen LogP contribution in [0.3, 0.4) is 0 Å². The molecule has 0 radical (unpaired) electrons. The molecule has 0 spiro atoms. The predicted octanol–water partition coefficient (Wildman–Crippen LogP) is 1.50. The lowest BCUT2D eigenvalue weighted by atomic mass is 10.4. The lowest BCUT2D eigenvalue weighted by molar-refractivity contribution is 0.600. The van der Waals surface area contributed by atoms with E-state index in [0.29, 0.717) is 5.58 Å². The molecule has 0 aromatic carbocycles. The first kappa shape index (κ1) is 5.29. The Morgan fingerprint density at radius 2 is 2.40 bits per heavy atom. The van der Waals surface area contributed by atoms with Crippen molar-refractivity contribution in [1.82, 2.24) is 9.97 Å². The standard InChI is InChI=1S/C7H5N2O/c1-2-6-7(10-3-1)4-8-5-9-6/h1-5H/q+1. The molecule has 3 nitrogen and oxygen atoms in total. The van der Waals surface area contributed by atoms with Crippen LogP contribution in [-0.2, 0) is 0 Å². The zero-order valence-electron chi connectivity index (χ0n) is 5.19. The zero-order valence-corrected chi connectivity index (χ0v) is 5.19. The Morgan fingerprint density at radius 3 is 3.30 bits per heavy atom. The quantitative estimate of drug-likeness (QED) is 0.511. The molecule has 0 aliphatic carbocycles. The second-order valence-corrected chi connectivity index (χ2v) is 1.89. The minimum atomic E-state index is 0.713. The highest BCUT2D eigenvalue weighted by molar-refractivity contribution is 5.69. The number of fused-ring (bicyclic) bond motifs is 1. The van der Waals surface area contributed by atoms with Gasteiger partial charge in [-0.15, -0.1) is 0 Å². The third-order valence-corrected chi connectivity index (χ3v) is 1.24. The molecule has 3 heteroatoms. The number of rotatable bonds is 0. The Bertz CT molecular complexity index is 283. The van der Waals surface area contributed by atoms with Crippen molar-refractivity contribution in [3.05, 3.63) is 30.9 Å². The van der Waals surface area contributed by atoms with Crippen LogP contribution in [0.5, 0.6) is 0 Å². The molecule has 0 bridgehead atoms. The molecule has 0 saturated carbocycles. The summed E-state index contributed by atoms with van der Waals surface area (Å²) in [6.07, 6.45) is 4.74. The van der Waals surface area contributed by atoms with Crippen molar-refractivity contribution in [1.29, 1.82) is 0 Å². The van der Waals surface area contributed by atoms with Gasteiger partial charge in [-0.25, -0.2) is 14.4 Å². The maximum absolute atomic E-state index is 5.09. The highest BCUT2D eigenvalue weighted by Gasteiger charge is 2.01. The summed E-state index contributed by atoms with van der Waals surface area (Å²) in [5, 5.41) is 0. The summed E-state index contributed by atoms with van der Waals surface area (Å²) in [6.45, 7) is 0. The average Bonchev–Trinajstić information content (AvgIpc) is 2.05. The van der Waals surface area contributed by atoms with Crippen molar-refractivity contribution in [2.24, 2.45) is 0 Å². The summed E-state index contributed by atoms with van der Waals surface area (Å²) in [4.78, 5) is 7.78. The highest BCUT2D eigenvalue weighted by atomic mass is 16.3. The van der Waals surface area contributed by atoms with E-state index >= 15 is 0 Å². The van der Waals surface area contributed by atoms with Gasteiger partial charge < -0.3 is 0 Å². The lowest BCUT2D eigenvalue weighted by Crippen LogP contribution is -1.77. The second-order valence-electron chi connectivity index (χ2n) is 1.89. The normalized spacial score (nSPS) is 10.0. The maximum atomic E-state index is 5.09. The van der Waals surface area contributed by atoms with Gasteiger partial charge in [-0.2, -0.15) is 0 Å². The van der Waals surface area contributed by atoms with E-state index in [4.69, 9.17) is 4.42 Å². The molecule has 2 heterocycles.